The summed E-state index contributed by atoms with van der Waals surface area (Å²) in [4.78, 5) is 26.5. The molecule has 0 atom stereocenters. The van der Waals surface area contributed by atoms with E-state index in [4.69, 9.17) is 0 Å². The van der Waals surface area contributed by atoms with E-state index in [0.717, 1.165) is 28.2 Å². The van der Waals surface area contributed by atoms with Gasteiger partial charge in [0.2, 0.25) is 11.8 Å². The summed E-state index contributed by atoms with van der Waals surface area (Å²) in [6, 6.07) is 15.6. The smallest absolute Gasteiger partial charge is 0.243 e. The van der Waals surface area contributed by atoms with Crippen LogP contribution in [0, 0.1) is 13.8 Å². The van der Waals surface area contributed by atoms with Crippen LogP contribution in [0.15, 0.2) is 66.3 Å². The highest BCUT2D eigenvalue weighted by Gasteiger charge is 2.18. The number of hydrogen-bond donors (Lipinski definition) is 1. The molecule has 0 unspecified atom stereocenters. The summed E-state index contributed by atoms with van der Waals surface area (Å²) in [5, 5.41) is 12.1. The fraction of sp³-hybridized carbons (Fsp3) is 0.250. The van der Waals surface area contributed by atoms with Crippen molar-refractivity contribution in [3.05, 3.63) is 72.3 Å². The van der Waals surface area contributed by atoms with Crippen LogP contribution in [-0.4, -0.2) is 50.8 Å². The topological polar surface area (TPSA) is 80.1 Å². The Morgan fingerprint density at radius 2 is 1.78 bits per heavy atom. The number of carbonyl (C=O) groups is 2. The first-order valence-electron chi connectivity index (χ1n) is 10.2. The highest BCUT2D eigenvalue weighted by Crippen LogP contribution is 2.24. The van der Waals surface area contributed by atoms with E-state index in [1.54, 1.807) is 13.1 Å². The molecule has 2 amide bonds. The third-order valence-corrected chi connectivity index (χ3v) is 5.89. The Kier molecular flexibility index (Phi) is 7.83. The average molecular weight is 450 g/mol. The van der Waals surface area contributed by atoms with Crippen LogP contribution in [-0.2, 0) is 16.1 Å². The van der Waals surface area contributed by atoms with E-state index in [1.807, 2.05) is 66.9 Å². The van der Waals surface area contributed by atoms with Crippen molar-refractivity contribution in [1.82, 2.24) is 19.7 Å². The third kappa shape index (κ3) is 5.64. The number of allylic oxidation sites excluding steroid dienone is 1. The predicted molar refractivity (Wildman–Crippen MR) is 129 cm³/mol. The normalized spacial score (nSPS) is 10.6. The number of anilines is 1. The number of thioether (sulfide) groups is 1. The van der Waals surface area contributed by atoms with E-state index >= 15 is 0 Å². The van der Waals surface area contributed by atoms with E-state index in [9.17, 15) is 9.59 Å². The van der Waals surface area contributed by atoms with Crippen molar-refractivity contribution in [2.24, 2.45) is 0 Å². The van der Waals surface area contributed by atoms with Gasteiger partial charge in [-0.1, -0.05) is 66.4 Å². The second-order valence-corrected chi connectivity index (χ2v) is 8.37. The highest BCUT2D eigenvalue weighted by molar-refractivity contribution is 7.99. The van der Waals surface area contributed by atoms with E-state index in [0.29, 0.717) is 11.7 Å². The largest absolute Gasteiger partial charge is 0.336 e. The molecule has 0 aliphatic rings. The Balaban J connectivity index is 1.61. The number of nitrogens with one attached hydrogen (secondary N) is 1. The summed E-state index contributed by atoms with van der Waals surface area (Å²) in [5.74, 6) is 0.476. The zero-order valence-corrected chi connectivity index (χ0v) is 19.4. The number of aromatic nitrogens is 3. The maximum Gasteiger partial charge on any atom is 0.243 e. The lowest BCUT2D eigenvalue weighted by molar-refractivity contribution is -0.131. The lowest BCUT2D eigenvalue weighted by Crippen LogP contribution is -2.36. The molecular weight excluding hydrogens is 422 g/mol. The Hall–Kier alpha value is -3.39. The number of benzene rings is 2. The molecule has 1 heterocycles. The van der Waals surface area contributed by atoms with Crippen molar-refractivity contribution in [3.63, 3.8) is 0 Å². The molecule has 1 N–H and O–H groups in total. The van der Waals surface area contributed by atoms with Crippen LogP contribution in [0.3, 0.4) is 0 Å². The van der Waals surface area contributed by atoms with Crippen molar-refractivity contribution in [3.8, 4) is 11.4 Å². The second kappa shape index (κ2) is 10.8. The van der Waals surface area contributed by atoms with Crippen LogP contribution < -0.4 is 5.32 Å². The van der Waals surface area contributed by atoms with Gasteiger partial charge >= 0.3 is 0 Å². The molecule has 7 nitrogen and oxygen atoms in total. The van der Waals surface area contributed by atoms with Crippen LogP contribution in [0.1, 0.15) is 11.1 Å². The van der Waals surface area contributed by atoms with E-state index in [-0.39, 0.29) is 24.1 Å². The zero-order chi connectivity index (χ0) is 23.1. The van der Waals surface area contributed by atoms with Gasteiger partial charge in [-0.15, -0.1) is 16.8 Å². The molecule has 2 aromatic carbocycles. The number of nitrogens with zero attached hydrogens (tertiary/aromatic N) is 4. The van der Waals surface area contributed by atoms with Gasteiger partial charge in [0, 0.05) is 24.8 Å². The van der Waals surface area contributed by atoms with Crippen molar-refractivity contribution >= 4 is 29.3 Å². The third-order valence-electron chi connectivity index (χ3n) is 4.94. The summed E-state index contributed by atoms with van der Waals surface area (Å²) in [6.07, 6.45) is 1.77. The first-order chi connectivity index (χ1) is 15.4. The molecular formula is C24H27N5O2S. The lowest BCUT2D eigenvalue weighted by Gasteiger charge is -2.18. The summed E-state index contributed by atoms with van der Waals surface area (Å²) < 4.78 is 1.92. The number of amides is 2. The molecule has 0 saturated heterocycles. The molecule has 0 bridgehead atoms. The van der Waals surface area contributed by atoms with Gasteiger partial charge in [0.25, 0.3) is 0 Å². The van der Waals surface area contributed by atoms with Crippen LogP contribution >= 0.6 is 11.8 Å². The average Bonchev–Trinajstić information content (AvgIpc) is 3.18. The molecule has 3 aromatic rings. The summed E-state index contributed by atoms with van der Waals surface area (Å²) >= 11 is 1.29. The van der Waals surface area contributed by atoms with Gasteiger partial charge < -0.3 is 10.2 Å². The maximum atomic E-state index is 12.6. The Bertz CT molecular complexity index is 1090. The minimum absolute atomic E-state index is 0.0260. The van der Waals surface area contributed by atoms with Crippen LogP contribution in [0.4, 0.5) is 5.69 Å². The number of likely N-dealkylation sites (N-methyl/N-ethyl adjacent to an activating group) is 1. The molecule has 0 saturated carbocycles. The molecule has 0 aliphatic heterocycles. The molecule has 0 spiro atoms. The number of para-hydroxylation sites is 1. The number of rotatable bonds is 9. The molecule has 0 fully saturated rings. The lowest BCUT2D eigenvalue weighted by atomic mass is 10.1. The monoisotopic (exact) mass is 449 g/mol. The number of aryl methyl sites for hydroxylation is 2. The zero-order valence-electron chi connectivity index (χ0n) is 18.5. The Labute approximate surface area is 192 Å². The van der Waals surface area contributed by atoms with Gasteiger partial charge in [0.05, 0.1) is 12.3 Å². The predicted octanol–water partition coefficient (Wildman–Crippen LogP) is 3.94. The van der Waals surface area contributed by atoms with Crippen molar-refractivity contribution in [2.75, 3.05) is 24.7 Å². The van der Waals surface area contributed by atoms with Crippen molar-refractivity contribution < 1.29 is 9.59 Å². The fourth-order valence-electron chi connectivity index (χ4n) is 3.22. The van der Waals surface area contributed by atoms with Crippen LogP contribution in [0.25, 0.3) is 11.4 Å². The van der Waals surface area contributed by atoms with Crippen LogP contribution in [0.2, 0.25) is 0 Å². The fourth-order valence-corrected chi connectivity index (χ4v) is 4.11. The molecule has 0 radical (unpaired) electrons. The van der Waals surface area contributed by atoms with Gasteiger partial charge in [-0.25, -0.2) is 0 Å². The van der Waals surface area contributed by atoms with Gasteiger partial charge in [0.1, 0.15) is 0 Å². The van der Waals surface area contributed by atoms with Gasteiger partial charge in [-0.3, -0.25) is 14.2 Å². The summed E-state index contributed by atoms with van der Waals surface area (Å²) in [6.45, 7) is 8.20. The Morgan fingerprint density at radius 3 is 2.44 bits per heavy atom. The molecule has 32 heavy (non-hydrogen) atoms. The number of hydrogen-bond acceptors (Lipinski definition) is 5. The first-order valence-corrected chi connectivity index (χ1v) is 11.2. The molecule has 3 rings (SSSR count). The second-order valence-electron chi connectivity index (χ2n) is 7.42. The van der Waals surface area contributed by atoms with E-state index in [1.165, 1.54) is 16.7 Å². The van der Waals surface area contributed by atoms with Crippen molar-refractivity contribution in [2.45, 2.75) is 25.5 Å². The minimum atomic E-state index is -0.232. The maximum absolute atomic E-state index is 12.6. The number of carbonyl (C=O) groups excluding carboxylic acids is 2. The highest BCUT2D eigenvalue weighted by atomic mass is 32.2. The Morgan fingerprint density at radius 1 is 1.09 bits per heavy atom. The van der Waals surface area contributed by atoms with Crippen LogP contribution in [0.5, 0.6) is 0 Å². The summed E-state index contributed by atoms with van der Waals surface area (Å²) in [5.41, 5.74) is 3.70. The SMILES string of the molecule is C=CCn1c(SCC(=O)N(C)CC(=O)Nc2c(C)cccc2C)nnc1-c1ccccc1. The van der Waals surface area contributed by atoms with Gasteiger partial charge in [-0.05, 0) is 25.0 Å². The molecule has 0 aliphatic carbocycles. The summed E-state index contributed by atoms with van der Waals surface area (Å²) in [7, 11) is 1.62. The minimum Gasteiger partial charge on any atom is -0.336 e. The first kappa shape index (κ1) is 23.3. The standard InChI is InChI=1S/C24H27N5O2S/c1-5-14-29-23(19-12-7-6-8-13-19)26-27-24(29)32-16-21(31)28(4)15-20(30)25-22-17(2)10-9-11-18(22)3/h5-13H,1,14-16H2,2-4H3,(H,25,30). The molecule has 1 aromatic heterocycles. The quantitative estimate of drug-likeness (QED) is 0.395. The van der Waals surface area contributed by atoms with E-state index in [2.05, 4.69) is 22.1 Å². The van der Waals surface area contributed by atoms with E-state index < -0.39 is 0 Å². The molecule has 166 valence electrons. The van der Waals surface area contributed by atoms with Crippen molar-refractivity contribution in [1.29, 1.82) is 0 Å². The molecule has 8 heteroatoms. The van der Waals surface area contributed by atoms with Gasteiger partial charge in [-0.2, -0.15) is 0 Å². The van der Waals surface area contributed by atoms with Gasteiger partial charge in [0.15, 0.2) is 11.0 Å².